The lowest BCUT2D eigenvalue weighted by Crippen LogP contribution is -2.48. The Morgan fingerprint density at radius 2 is 1.92 bits per heavy atom. The molecule has 1 amide bonds. The van der Waals surface area contributed by atoms with Crippen LogP contribution in [-0.4, -0.2) is 34.5 Å². The summed E-state index contributed by atoms with van der Waals surface area (Å²) in [5.74, 6) is 1.34. The van der Waals surface area contributed by atoms with Crippen LogP contribution in [0, 0.1) is 17.8 Å². The number of aliphatic hydroxyl groups is 1. The highest BCUT2D eigenvalue weighted by atomic mass is 35.5. The largest absolute Gasteiger partial charge is 0.388 e. The van der Waals surface area contributed by atoms with Crippen molar-refractivity contribution in [3.8, 4) is 0 Å². The van der Waals surface area contributed by atoms with Crippen LogP contribution in [0.25, 0.3) is 0 Å². The summed E-state index contributed by atoms with van der Waals surface area (Å²) in [7, 11) is 0. The van der Waals surface area contributed by atoms with Gasteiger partial charge in [0.1, 0.15) is 0 Å². The van der Waals surface area contributed by atoms with Crippen molar-refractivity contribution in [2.75, 3.05) is 6.54 Å². The molecule has 2 aliphatic carbocycles. The molecule has 3 N–H and O–H groups in total. The number of hydrogen-bond donors (Lipinski definition) is 2. The molecule has 4 nitrogen and oxygen atoms in total. The molecule has 1 heterocycles. The van der Waals surface area contributed by atoms with Crippen molar-refractivity contribution in [3.63, 3.8) is 0 Å². The van der Waals surface area contributed by atoms with E-state index in [1.165, 1.54) is 12.8 Å². The van der Waals surface area contributed by atoms with Crippen molar-refractivity contribution in [2.45, 2.75) is 56.7 Å². The zero-order valence-electron chi connectivity index (χ0n) is 14.6. The maximum Gasteiger partial charge on any atom is 0.227 e. The molecule has 6 unspecified atom stereocenters. The summed E-state index contributed by atoms with van der Waals surface area (Å²) >= 11 is 0. The number of nitrogens with zero attached hydrogens (tertiary/aromatic N) is 1. The molecule has 3 fully saturated rings. The summed E-state index contributed by atoms with van der Waals surface area (Å²) in [5.41, 5.74) is 7.31. The van der Waals surface area contributed by atoms with Crippen molar-refractivity contribution >= 4 is 18.3 Å². The maximum atomic E-state index is 13.1. The highest BCUT2D eigenvalue weighted by Gasteiger charge is 2.51. The molecular formula is C20H29ClN2O2. The van der Waals surface area contributed by atoms with Crippen molar-refractivity contribution in [2.24, 2.45) is 23.5 Å². The zero-order chi connectivity index (χ0) is 16.7. The molecule has 5 heteroatoms. The topological polar surface area (TPSA) is 66.6 Å². The number of likely N-dealkylation sites (tertiary alicyclic amines) is 1. The van der Waals surface area contributed by atoms with E-state index in [2.05, 4.69) is 0 Å². The summed E-state index contributed by atoms with van der Waals surface area (Å²) in [5, 5.41) is 10.5. The second kappa shape index (κ2) is 7.65. The van der Waals surface area contributed by atoms with E-state index in [0.717, 1.165) is 31.4 Å². The van der Waals surface area contributed by atoms with Gasteiger partial charge >= 0.3 is 0 Å². The minimum atomic E-state index is -0.502. The predicted octanol–water partition coefficient (Wildman–Crippen LogP) is 2.90. The van der Waals surface area contributed by atoms with Crippen LogP contribution in [0.4, 0.5) is 0 Å². The second-order valence-corrected chi connectivity index (χ2v) is 7.93. The smallest absolute Gasteiger partial charge is 0.227 e. The van der Waals surface area contributed by atoms with Gasteiger partial charge in [0.25, 0.3) is 0 Å². The molecule has 0 radical (unpaired) electrons. The molecule has 1 saturated heterocycles. The third-order valence-corrected chi connectivity index (χ3v) is 6.61. The van der Waals surface area contributed by atoms with Gasteiger partial charge in [-0.05, 0) is 55.9 Å². The van der Waals surface area contributed by atoms with Gasteiger partial charge in [0.2, 0.25) is 5.91 Å². The van der Waals surface area contributed by atoms with Gasteiger partial charge in [-0.3, -0.25) is 4.79 Å². The lowest BCUT2D eigenvalue weighted by molar-refractivity contribution is -0.139. The fraction of sp³-hybridized carbons (Fsp3) is 0.650. The van der Waals surface area contributed by atoms with E-state index < -0.39 is 6.10 Å². The van der Waals surface area contributed by atoms with Crippen LogP contribution >= 0.6 is 12.4 Å². The number of carbonyl (C=O) groups excluding carboxylic acids is 1. The van der Waals surface area contributed by atoms with Crippen molar-refractivity contribution in [3.05, 3.63) is 35.9 Å². The van der Waals surface area contributed by atoms with E-state index in [9.17, 15) is 9.90 Å². The van der Waals surface area contributed by atoms with Crippen molar-refractivity contribution < 1.29 is 9.90 Å². The minimum absolute atomic E-state index is 0. The molecule has 1 aromatic rings. The SMILES string of the molecule is Cl.NC1C2CCC(C2)C1C(=O)N1CCCC1CC(O)c1ccccc1. The number of halogens is 1. The van der Waals surface area contributed by atoms with Gasteiger partial charge in [0.15, 0.2) is 0 Å². The third-order valence-electron chi connectivity index (χ3n) is 6.61. The Kier molecular flexibility index (Phi) is 5.71. The molecule has 1 aromatic carbocycles. The van der Waals surface area contributed by atoms with Crippen LogP contribution in [0.15, 0.2) is 30.3 Å². The maximum absolute atomic E-state index is 13.1. The van der Waals surface area contributed by atoms with E-state index in [4.69, 9.17) is 5.73 Å². The number of fused-ring (bicyclic) bond motifs is 2. The predicted molar refractivity (Wildman–Crippen MR) is 100 cm³/mol. The van der Waals surface area contributed by atoms with Crippen LogP contribution in [0.3, 0.4) is 0 Å². The van der Waals surface area contributed by atoms with Gasteiger partial charge in [0, 0.05) is 18.6 Å². The van der Waals surface area contributed by atoms with Gasteiger partial charge in [-0.25, -0.2) is 0 Å². The zero-order valence-corrected chi connectivity index (χ0v) is 15.4. The lowest BCUT2D eigenvalue weighted by atomic mass is 9.83. The quantitative estimate of drug-likeness (QED) is 0.863. The second-order valence-electron chi connectivity index (χ2n) is 7.93. The van der Waals surface area contributed by atoms with E-state index >= 15 is 0 Å². The summed E-state index contributed by atoms with van der Waals surface area (Å²) in [6.07, 6.45) is 5.66. The summed E-state index contributed by atoms with van der Waals surface area (Å²) in [4.78, 5) is 15.2. The Morgan fingerprint density at radius 3 is 2.60 bits per heavy atom. The molecule has 138 valence electrons. The minimum Gasteiger partial charge on any atom is -0.388 e. The fourth-order valence-electron chi connectivity index (χ4n) is 5.33. The molecule has 0 spiro atoms. The Hall–Kier alpha value is -1.10. The van der Waals surface area contributed by atoms with E-state index in [1.54, 1.807) is 0 Å². The standard InChI is InChI=1S/C20H28N2O2.ClH/c21-19-15-9-8-14(11-15)18(19)20(24)22-10-4-7-16(22)12-17(23)13-5-2-1-3-6-13;/h1-3,5-6,14-19,23H,4,7-12,21H2;1H. The number of benzene rings is 1. The van der Waals surface area contributed by atoms with Gasteiger partial charge < -0.3 is 15.7 Å². The number of hydrogen-bond acceptors (Lipinski definition) is 3. The first-order chi connectivity index (χ1) is 11.6. The highest BCUT2D eigenvalue weighted by molar-refractivity contribution is 5.85. The average Bonchev–Trinajstić information content (AvgIpc) is 3.31. The van der Waals surface area contributed by atoms with Crippen LogP contribution in [0.2, 0.25) is 0 Å². The van der Waals surface area contributed by atoms with Gasteiger partial charge in [-0.2, -0.15) is 0 Å². The molecule has 2 bridgehead atoms. The van der Waals surface area contributed by atoms with Crippen LogP contribution in [0.1, 0.15) is 50.2 Å². The first kappa shape index (κ1) is 18.7. The normalized spacial score (nSPS) is 34.8. The van der Waals surface area contributed by atoms with E-state index in [-0.39, 0.29) is 36.3 Å². The monoisotopic (exact) mass is 364 g/mol. The first-order valence-electron chi connectivity index (χ1n) is 9.44. The number of rotatable bonds is 4. The molecule has 0 aromatic heterocycles. The van der Waals surface area contributed by atoms with Crippen LogP contribution in [0.5, 0.6) is 0 Å². The van der Waals surface area contributed by atoms with E-state index in [1.807, 2.05) is 35.2 Å². The fourth-order valence-corrected chi connectivity index (χ4v) is 5.33. The molecule has 3 aliphatic rings. The van der Waals surface area contributed by atoms with Crippen LogP contribution in [-0.2, 0) is 4.79 Å². The van der Waals surface area contributed by atoms with Crippen molar-refractivity contribution in [1.29, 1.82) is 0 Å². The Labute approximate surface area is 156 Å². The molecule has 25 heavy (non-hydrogen) atoms. The molecule has 2 saturated carbocycles. The molecule has 1 aliphatic heterocycles. The lowest BCUT2D eigenvalue weighted by Gasteiger charge is -2.34. The summed E-state index contributed by atoms with van der Waals surface area (Å²) < 4.78 is 0. The highest BCUT2D eigenvalue weighted by Crippen LogP contribution is 2.48. The number of carbonyl (C=O) groups is 1. The Morgan fingerprint density at radius 1 is 1.20 bits per heavy atom. The first-order valence-corrected chi connectivity index (χ1v) is 9.44. The molecule has 4 rings (SSSR count). The molecule has 6 atom stereocenters. The summed E-state index contributed by atoms with van der Waals surface area (Å²) in [6.45, 7) is 0.825. The average molecular weight is 365 g/mol. The van der Waals surface area contributed by atoms with Gasteiger partial charge in [-0.15, -0.1) is 12.4 Å². The van der Waals surface area contributed by atoms with E-state index in [0.29, 0.717) is 18.3 Å². The summed E-state index contributed by atoms with van der Waals surface area (Å²) in [6, 6.07) is 9.97. The Balaban J connectivity index is 0.00000182. The van der Waals surface area contributed by atoms with Crippen molar-refractivity contribution in [1.82, 2.24) is 4.90 Å². The Bertz CT molecular complexity index is 595. The molecular weight excluding hydrogens is 336 g/mol. The number of aliphatic hydroxyl groups excluding tert-OH is 1. The number of nitrogens with two attached hydrogens (primary N) is 1. The van der Waals surface area contributed by atoms with Crippen LogP contribution < -0.4 is 5.73 Å². The third kappa shape index (κ3) is 3.44. The van der Waals surface area contributed by atoms with Gasteiger partial charge in [0.05, 0.1) is 12.0 Å². The number of amides is 1. The van der Waals surface area contributed by atoms with Gasteiger partial charge in [-0.1, -0.05) is 30.3 Å².